The first kappa shape index (κ1) is 81.8. The first-order valence-electron chi connectivity index (χ1n) is 40.3. The highest BCUT2D eigenvalue weighted by molar-refractivity contribution is 5.58. The van der Waals surface area contributed by atoms with E-state index in [9.17, 15) is 0 Å². The minimum atomic E-state index is 0.0165. The van der Waals surface area contributed by atoms with E-state index in [0.717, 1.165) is 66.8 Å². The zero-order chi connectivity index (χ0) is 83.0. The molecule has 0 bridgehead atoms. The average molecular weight is 1610 g/mol. The van der Waals surface area contributed by atoms with Crippen molar-refractivity contribution in [3.63, 3.8) is 0 Å². The molecule has 15 aromatic carbocycles. The van der Waals surface area contributed by atoms with Gasteiger partial charge < -0.3 is 66.3 Å². The Morgan fingerprint density at radius 2 is 0.262 bits per heavy atom. The molecule has 0 heterocycles. The number of rotatable bonds is 42. The SMILES string of the molecule is C#Cc1cc(OCc2cc(OCc3cc(OCc4ccccc4)cc(OCc4ccccc4)c3)cc(OCc3cc(OCc4ccccc4)cc(OCc4ccccc4)c3)c2)c(C#C)cc1OCc1cc(OCc2cc(OCc3ccccc3)cc(OCc3ccccc3)c2)cc(OCc2cc(OCc3ccccc3)cc(OCc3ccccc3)c2)c1. The predicted molar refractivity (Wildman–Crippen MR) is 473 cm³/mol. The molecule has 0 spiro atoms. The Hall–Kier alpha value is -15.4. The van der Waals surface area contributed by atoms with E-state index in [1.165, 1.54) is 0 Å². The minimum absolute atomic E-state index is 0.0165. The van der Waals surface area contributed by atoms with Crippen LogP contribution in [0.1, 0.15) is 89.0 Å². The van der Waals surface area contributed by atoms with Gasteiger partial charge in [-0.2, -0.15) is 0 Å². The van der Waals surface area contributed by atoms with Gasteiger partial charge in [0.05, 0.1) is 11.1 Å². The van der Waals surface area contributed by atoms with Crippen LogP contribution < -0.4 is 66.3 Å². The molecular weight excluding hydrogens is 1520 g/mol. The highest BCUT2D eigenvalue weighted by Gasteiger charge is 2.18. The molecule has 122 heavy (non-hydrogen) atoms. The Morgan fingerprint density at radius 3 is 0.393 bits per heavy atom. The maximum Gasteiger partial charge on any atom is 0.136 e. The molecule has 14 nitrogen and oxygen atoms in total. The lowest BCUT2D eigenvalue weighted by atomic mass is 10.1. The number of hydrogen-bond acceptors (Lipinski definition) is 14. The van der Waals surface area contributed by atoms with Crippen molar-refractivity contribution in [3.05, 3.63) is 453 Å². The van der Waals surface area contributed by atoms with E-state index in [1.54, 1.807) is 12.1 Å². The van der Waals surface area contributed by atoms with E-state index in [2.05, 4.69) is 11.8 Å². The Balaban J connectivity index is 0.699. The first-order chi connectivity index (χ1) is 60.2. The van der Waals surface area contributed by atoms with Gasteiger partial charge in [0.2, 0.25) is 0 Å². The third-order valence-electron chi connectivity index (χ3n) is 19.4. The zero-order valence-corrected chi connectivity index (χ0v) is 67.4. The molecule has 0 saturated carbocycles. The summed E-state index contributed by atoms with van der Waals surface area (Å²) in [5.41, 5.74) is 13.6. The fourth-order valence-electron chi connectivity index (χ4n) is 13.2. The number of ether oxygens (including phenoxy) is 14. The average Bonchev–Trinajstić information content (AvgIpc) is 0.824. The molecule has 0 atom stereocenters. The predicted octanol–water partition coefficient (Wildman–Crippen LogP) is 23.8. The van der Waals surface area contributed by atoms with Gasteiger partial charge in [0.25, 0.3) is 0 Å². The molecule has 14 heteroatoms. The van der Waals surface area contributed by atoms with E-state index < -0.39 is 0 Å². The van der Waals surface area contributed by atoms with Crippen LogP contribution in [0.2, 0.25) is 0 Å². The zero-order valence-electron chi connectivity index (χ0n) is 67.4. The van der Waals surface area contributed by atoms with Crippen LogP contribution in [0.5, 0.6) is 80.5 Å². The second-order valence-corrected chi connectivity index (χ2v) is 28.9. The lowest BCUT2D eigenvalue weighted by Gasteiger charge is -2.17. The standard InChI is InChI=1S/C108H90O14/c1-3-93-57-108(122-78-92-55-105(119-75-89-49-99(113-69-83-37-21-9-22-38-83)61-100(50-89)114-70-84-39-23-10-24-40-84)64-106(56-92)120-76-90-51-101(115-71-85-41-25-11-26-42-85)62-102(52-90)116-72-86-43-27-12-28-44-86)94(4-2)58-107(93)121-77-91-53-103(117-73-87-45-95(109-65-79-29-13-5-14-30-79)59-96(46-87)110-66-80-31-15-6-16-32-80)63-104(54-91)118-74-88-47-97(111-67-81-33-17-7-18-34-81)60-98(48-88)112-68-82-35-19-8-20-36-82/h1-2,5-64H,65-78H2. The van der Waals surface area contributed by atoms with Crippen LogP contribution in [0.3, 0.4) is 0 Å². The van der Waals surface area contributed by atoms with E-state index >= 15 is 0 Å². The van der Waals surface area contributed by atoms with Crippen LogP contribution in [0.4, 0.5) is 0 Å². The van der Waals surface area contributed by atoms with E-state index in [4.69, 9.17) is 79.2 Å². The van der Waals surface area contributed by atoms with Gasteiger partial charge in [0.15, 0.2) is 0 Å². The van der Waals surface area contributed by atoms with E-state index in [1.807, 2.05) is 352 Å². The van der Waals surface area contributed by atoms with Crippen LogP contribution in [-0.2, 0) is 92.5 Å². The van der Waals surface area contributed by atoms with Crippen molar-refractivity contribution in [2.45, 2.75) is 92.5 Å². The van der Waals surface area contributed by atoms with Gasteiger partial charge in [-0.05, 0) is 151 Å². The van der Waals surface area contributed by atoms with Gasteiger partial charge in [0, 0.05) is 48.5 Å². The van der Waals surface area contributed by atoms with Gasteiger partial charge in [-0.3, -0.25) is 0 Å². The Morgan fingerprint density at radius 1 is 0.139 bits per heavy atom. The quantitative estimate of drug-likeness (QED) is 0.0337. The summed E-state index contributed by atoms with van der Waals surface area (Å²) >= 11 is 0. The summed E-state index contributed by atoms with van der Waals surface area (Å²) in [6.45, 7) is 3.42. The third-order valence-corrected chi connectivity index (χ3v) is 19.4. The van der Waals surface area contributed by atoms with Crippen molar-refractivity contribution in [2.24, 2.45) is 0 Å². The van der Waals surface area contributed by atoms with Crippen LogP contribution >= 0.6 is 0 Å². The summed E-state index contributed by atoms with van der Waals surface area (Å²) in [4.78, 5) is 0. The van der Waals surface area contributed by atoms with Gasteiger partial charge in [-0.1, -0.05) is 254 Å². The van der Waals surface area contributed by atoms with Gasteiger partial charge in [-0.25, -0.2) is 0 Å². The smallest absolute Gasteiger partial charge is 0.136 e. The maximum atomic E-state index is 6.75. The summed E-state index contributed by atoms with van der Waals surface area (Å²) in [5, 5.41) is 0. The van der Waals surface area contributed by atoms with Crippen molar-refractivity contribution in [1.29, 1.82) is 0 Å². The Bertz CT molecular complexity index is 5000. The summed E-state index contributed by atoms with van der Waals surface area (Å²) in [7, 11) is 0. The Kier molecular flexibility index (Phi) is 28.6. The lowest BCUT2D eigenvalue weighted by Crippen LogP contribution is -2.05. The highest BCUT2D eigenvalue weighted by atomic mass is 16.5. The molecule has 0 aromatic heterocycles. The van der Waals surface area contributed by atoms with Crippen molar-refractivity contribution >= 4 is 0 Å². The van der Waals surface area contributed by atoms with Crippen molar-refractivity contribution in [1.82, 2.24) is 0 Å². The van der Waals surface area contributed by atoms with E-state index in [-0.39, 0.29) is 39.6 Å². The van der Waals surface area contributed by atoms with Crippen molar-refractivity contribution < 1.29 is 66.3 Å². The second kappa shape index (κ2) is 42.7. The van der Waals surface area contributed by atoms with Crippen molar-refractivity contribution in [2.75, 3.05) is 0 Å². The van der Waals surface area contributed by atoms with Crippen LogP contribution in [0.15, 0.2) is 364 Å². The van der Waals surface area contributed by atoms with Crippen LogP contribution in [0.25, 0.3) is 0 Å². The molecule has 0 N–H and O–H groups in total. The minimum Gasteiger partial charge on any atom is -0.489 e. The van der Waals surface area contributed by atoms with E-state index in [0.29, 0.717) is 156 Å². The highest BCUT2D eigenvalue weighted by Crippen LogP contribution is 2.37. The molecule has 0 aliphatic rings. The number of hydrogen-bond donors (Lipinski definition) is 0. The third kappa shape index (κ3) is 25.3. The summed E-state index contributed by atoms with van der Waals surface area (Å²) < 4.78 is 91.7. The fraction of sp³-hybridized carbons (Fsp3) is 0.130. The number of terminal acetylenes is 2. The number of benzene rings is 15. The molecule has 0 aliphatic carbocycles. The molecule has 0 radical (unpaired) electrons. The van der Waals surface area contributed by atoms with Gasteiger partial charge >= 0.3 is 0 Å². The first-order valence-corrected chi connectivity index (χ1v) is 40.3. The molecule has 15 rings (SSSR count). The molecule has 606 valence electrons. The maximum absolute atomic E-state index is 6.75. The molecule has 15 aromatic rings. The monoisotopic (exact) mass is 1610 g/mol. The lowest BCUT2D eigenvalue weighted by molar-refractivity contribution is 0.271. The summed E-state index contributed by atoms with van der Waals surface area (Å²) in [6.07, 6.45) is 12.8. The molecule has 0 aliphatic heterocycles. The van der Waals surface area contributed by atoms with Gasteiger partial charge in [-0.15, -0.1) is 12.8 Å². The second-order valence-electron chi connectivity index (χ2n) is 28.9. The molecule has 0 saturated heterocycles. The summed E-state index contributed by atoms with van der Waals surface area (Å²) in [5.74, 6) is 13.3. The topological polar surface area (TPSA) is 129 Å². The molecule has 0 amide bonds. The van der Waals surface area contributed by atoms with Crippen LogP contribution in [0, 0.1) is 24.7 Å². The largest absolute Gasteiger partial charge is 0.489 e. The van der Waals surface area contributed by atoms with Crippen LogP contribution in [-0.4, -0.2) is 0 Å². The summed E-state index contributed by atoms with van der Waals surface area (Å²) in [6, 6.07) is 118. The normalized spacial score (nSPS) is 10.7. The van der Waals surface area contributed by atoms with Gasteiger partial charge in [0.1, 0.15) is 173 Å². The van der Waals surface area contributed by atoms with Crippen molar-refractivity contribution in [3.8, 4) is 105 Å². The molecule has 0 unspecified atom stereocenters. The molecule has 0 fully saturated rings. The molecular formula is C108H90O14. The Labute approximate surface area is 712 Å². The fourth-order valence-corrected chi connectivity index (χ4v) is 13.2.